The van der Waals surface area contributed by atoms with E-state index >= 15 is 0 Å². The van der Waals surface area contributed by atoms with Crippen LogP contribution in [0.15, 0.2) is 60.9 Å². The summed E-state index contributed by atoms with van der Waals surface area (Å²) in [5.41, 5.74) is 7.07. The summed E-state index contributed by atoms with van der Waals surface area (Å²) in [5.74, 6) is 0.792. The summed E-state index contributed by atoms with van der Waals surface area (Å²) < 4.78 is 0. The number of hydrazine groups is 1. The highest BCUT2D eigenvalue weighted by Gasteiger charge is 1.86. The van der Waals surface area contributed by atoms with Gasteiger partial charge in [-0.1, -0.05) is 36.4 Å². The average molecular weight is 211 g/mol. The van der Waals surface area contributed by atoms with E-state index in [1.165, 1.54) is 0 Å². The molecule has 1 aromatic carbocycles. The fourth-order valence-corrected chi connectivity index (χ4v) is 1.25. The van der Waals surface area contributed by atoms with E-state index in [4.69, 9.17) is 0 Å². The Labute approximate surface area is 94.8 Å². The Morgan fingerprint density at radius 3 is 2.50 bits per heavy atom. The molecule has 0 unspecified atom stereocenters. The van der Waals surface area contributed by atoms with Crippen molar-refractivity contribution in [2.75, 3.05) is 5.43 Å². The zero-order valence-corrected chi connectivity index (χ0v) is 8.80. The Kier molecular flexibility index (Phi) is 3.55. The molecule has 0 aliphatic carbocycles. The van der Waals surface area contributed by atoms with Crippen LogP contribution in [-0.2, 0) is 0 Å². The van der Waals surface area contributed by atoms with E-state index in [0.29, 0.717) is 0 Å². The maximum absolute atomic E-state index is 4.12. The van der Waals surface area contributed by atoms with Crippen molar-refractivity contribution in [3.63, 3.8) is 0 Å². The Bertz CT molecular complexity index is 437. The third kappa shape index (κ3) is 3.13. The predicted octanol–water partition coefficient (Wildman–Crippen LogP) is 2.67. The van der Waals surface area contributed by atoms with Gasteiger partial charge in [0.25, 0.3) is 0 Å². The smallest absolute Gasteiger partial charge is 0.144 e. The summed E-state index contributed by atoms with van der Waals surface area (Å²) in [4.78, 5) is 4.12. The lowest BCUT2D eigenvalue weighted by Gasteiger charge is -2.03. The summed E-state index contributed by atoms with van der Waals surface area (Å²) in [7, 11) is 0. The SMILES string of the molecule is C(=C/c1ccccc1)/NNc1ccccn1. The molecule has 0 saturated carbocycles. The molecule has 0 aliphatic rings. The molecule has 16 heavy (non-hydrogen) atoms. The van der Waals surface area contributed by atoms with Crippen LogP contribution in [0.25, 0.3) is 6.08 Å². The number of aromatic nitrogens is 1. The van der Waals surface area contributed by atoms with E-state index in [2.05, 4.69) is 15.8 Å². The highest BCUT2D eigenvalue weighted by molar-refractivity contribution is 5.48. The van der Waals surface area contributed by atoms with Crippen LogP contribution in [0.5, 0.6) is 0 Å². The minimum absolute atomic E-state index is 0.792. The minimum atomic E-state index is 0.792. The maximum Gasteiger partial charge on any atom is 0.144 e. The Morgan fingerprint density at radius 2 is 1.75 bits per heavy atom. The quantitative estimate of drug-likeness (QED) is 0.763. The van der Waals surface area contributed by atoms with Crippen LogP contribution in [0.4, 0.5) is 5.82 Å². The van der Waals surface area contributed by atoms with Gasteiger partial charge in [-0.15, -0.1) is 0 Å². The first-order valence-corrected chi connectivity index (χ1v) is 5.09. The van der Waals surface area contributed by atoms with Gasteiger partial charge in [-0.3, -0.25) is 5.43 Å². The van der Waals surface area contributed by atoms with E-state index < -0.39 is 0 Å². The molecule has 0 atom stereocenters. The zero-order chi connectivity index (χ0) is 11.1. The molecule has 1 aromatic heterocycles. The minimum Gasteiger partial charge on any atom is -0.307 e. The molecule has 0 aliphatic heterocycles. The second-order valence-corrected chi connectivity index (χ2v) is 3.23. The standard InChI is InChI=1S/C13H13N3/c1-2-6-12(7-3-1)9-11-15-16-13-8-4-5-10-14-13/h1-11,15H,(H,14,16)/b11-9-. The van der Waals surface area contributed by atoms with Crippen molar-refractivity contribution in [1.82, 2.24) is 10.4 Å². The van der Waals surface area contributed by atoms with Crippen molar-refractivity contribution in [3.05, 3.63) is 66.5 Å². The Hall–Kier alpha value is -2.29. The van der Waals surface area contributed by atoms with E-state index in [-0.39, 0.29) is 0 Å². The van der Waals surface area contributed by atoms with Gasteiger partial charge in [0.05, 0.1) is 0 Å². The van der Waals surface area contributed by atoms with Crippen LogP contribution in [0, 0.1) is 0 Å². The normalized spacial score (nSPS) is 10.2. The topological polar surface area (TPSA) is 37.0 Å². The maximum atomic E-state index is 4.12. The van der Waals surface area contributed by atoms with Gasteiger partial charge in [-0.05, 0) is 23.8 Å². The van der Waals surface area contributed by atoms with Gasteiger partial charge in [0, 0.05) is 12.4 Å². The highest BCUT2D eigenvalue weighted by Crippen LogP contribution is 2.00. The van der Waals surface area contributed by atoms with Gasteiger partial charge in [-0.2, -0.15) is 0 Å². The molecular formula is C13H13N3. The molecule has 2 aromatic rings. The molecule has 0 spiro atoms. The molecule has 2 rings (SSSR count). The number of pyridine rings is 1. The average Bonchev–Trinajstić information content (AvgIpc) is 2.37. The van der Waals surface area contributed by atoms with E-state index in [0.717, 1.165) is 11.4 Å². The zero-order valence-electron chi connectivity index (χ0n) is 8.80. The molecule has 0 saturated heterocycles. The van der Waals surface area contributed by atoms with Crippen LogP contribution in [-0.4, -0.2) is 4.98 Å². The van der Waals surface area contributed by atoms with Crippen molar-refractivity contribution in [3.8, 4) is 0 Å². The second-order valence-electron chi connectivity index (χ2n) is 3.23. The molecule has 0 radical (unpaired) electrons. The number of anilines is 1. The van der Waals surface area contributed by atoms with Gasteiger partial charge < -0.3 is 5.43 Å². The summed E-state index contributed by atoms with van der Waals surface area (Å²) >= 11 is 0. The number of hydrogen-bond acceptors (Lipinski definition) is 3. The molecule has 3 nitrogen and oxygen atoms in total. The van der Waals surface area contributed by atoms with Gasteiger partial charge >= 0.3 is 0 Å². The van der Waals surface area contributed by atoms with Crippen molar-refractivity contribution in [2.24, 2.45) is 0 Å². The number of rotatable bonds is 4. The molecule has 0 amide bonds. The lowest BCUT2D eigenvalue weighted by atomic mass is 10.2. The highest BCUT2D eigenvalue weighted by atomic mass is 15.4. The fraction of sp³-hybridized carbons (Fsp3) is 0. The summed E-state index contributed by atoms with van der Waals surface area (Å²) in [6.07, 6.45) is 5.56. The van der Waals surface area contributed by atoms with E-state index in [1.54, 1.807) is 6.20 Å². The van der Waals surface area contributed by atoms with Crippen LogP contribution in [0.3, 0.4) is 0 Å². The van der Waals surface area contributed by atoms with Crippen molar-refractivity contribution in [1.29, 1.82) is 0 Å². The van der Waals surface area contributed by atoms with E-state index in [9.17, 15) is 0 Å². The van der Waals surface area contributed by atoms with Crippen LogP contribution in [0.1, 0.15) is 5.56 Å². The second kappa shape index (κ2) is 5.56. The first kappa shape index (κ1) is 10.2. The molecule has 0 bridgehead atoms. The summed E-state index contributed by atoms with van der Waals surface area (Å²) in [5, 5.41) is 0. The van der Waals surface area contributed by atoms with Crippen molar-refractivity contribution >= 4 is 11.9 Å². The number of nitrogens with one attached hydrogen (secondary N) is 2. The predicted molar refractivity (Wildman–Crippen MR) is 66.5 cm³/mol. The van der Waals surface area contributed by atoms with Gasteiger partial charge in [0.1, 0.15) is 5.82 Å². The Morgan fingerprint density at radius 1 is 0.938 bits per heavy atom. The summed E-state index contributed by atoms with van der Waals surface area (Å²) in [6.45, 7) is 0. The fourth-order valence-electron chi connectivity index (χ4n) is 1.25. The lowest BCUT2D eigenvalue weighted by molar-refractivity contribution is 1.04. The number of nitrogens with zero attached hydrogens (tertiary/aromatic N) is 1. The van der Waals surface area contributed by atoms with Crippen LogP contribution >= 0.6 is 0 Å². The molecule has 2 N–H and O–H groups in total. The molecule has 3 heteroatoms. The molecular weight excluding hydrogens is 198 g/mol. The lowest BCUT2D eigenvalue weighted by Crippen LogP contribution is -2.14. The van der Waals surface area contributed by atoms with Crippen LogP contribution in [0.2, 0.25) is 0 Å². The van der Waals surface area contributed by atoms with Crippen molar-refractivity contribution < 1.29 is 0 Å². The van der Waals surface area contributed by atoms with Gasteiger partial charge in [0.2, 0.25) is 0 Å². The number of benzene rings is 1. The first-order valence-electron chi connectivity index (χ1n) is 5.09. The largest absolute Gasteiger partial charge is 0.307 e. The molecule has 80 valence electrons. The monoisotopic (exact) mass is 211 g/mol. The molecule has 0 fully saturated rings. The third-order valence-electron chi connectivity index (χ3n) is 2.02. The van der Waals surface area contributed by atoms with E-state index in [1.807, 2.05) is 60.8 Å². The first-order chi connectivity index (χ1) is 7.95. The van der Waals surface area contributed by atoms with Gasteiger partial charge in [0.15, 0.2) is 0 Å². The third-order valence-corrected chi connectivity index (χ3v) is 2.02. The molecule has 1 heterocycles. The Balaban J connectivity index is 1.83. The summed E-state index contributed by atoms with van der Waals surface area (Å²) in [6, 6.07) is 15.8. The van der Waals surface area contributed by atoms with Crippen molar-refractivity contribution in [2.45, 2.75) is 0 Å². The van der Waals surface area contributed by atoms with Gasteiger partial charge in [-0.25, -0.2) is 4.98 Å². The van der Waals surface area contributed by atoms with Crippen LogP contribution < -0.4 is 10.9 Å². The number of hydrogen-bond donors (Lipinski definition) is 2.